The number of benzene rings is 1. The topological polar surface area (TPSA) is 20.2 Å². The zero-order valence-corrected chi connectivity index (χ0v) is 5.75. The number of fused-ring (bicyclic) bond motifs is 1. The maximum Gasteiger partial charge on any atom is 0.324 e. The van der Waals surface area contributed by atoms with Crippen LogP contribution < -0.4 is 5.46 Å². The van der Waals surface area contributed by atoms with Crippen molar-refractivity contribution in [3.63, 3.8) is 0 Å². The van der Waals surface area contributed by atoms with Crippen molar-refractivity contribution in [1.82, 2.24) is 0 Å². The van der Waals surface area contributed by atoms with Crippen LogP contribution in [0.25, 0.3) is 0 Å². The van der Waals surface area contributed by atoms with Crippen molar-refractivity contribution in [1.29, 1.82) is 0 Å². The van der Waals surface area contributed by atoms with Crippen LogP contribution in [-0.2, 0) is 6.42 Å². The molecule has 0 radical (unpaired) electrons. The fraction of sp³-hybridized carbons (Fsp3) is 0.250. The van der Waals surface area contributed by atoms with E-state index in [0.29, 0.717) is 0 Å². The molecule has 50 valence electrons. The number of aryl methyl sites for hydroxylation is 1. The predicted molar refractivity (Wildman–Crippen MR) is 42.6 cm³/mol. The average Bonchev–Trinajstić information content (AvgIpc) is 2.34. The fourth-order valence-electron chi connectivity index (χ4n) is 1.53. The number of rotatable bonds is 0. The smallest absolute Gasteiger partial charge is 0.324 e. The summed E-state index contributed by atoms with van der Waals surface area (Å²) in [5.74, 6) is 0. The summed E-state index contributed by atoms with van der Waals surface area (Å²) < 4.78 is 0. The summed E-state index contributed by atoms with van der Waals surface area (Å²) in [7, 11) is 0. The van der Waals surface area contributed by atoms with Gasteiger partial charge in [0.2, 0.25) is 0 Å². The molecule has 0 amide bonds. The van der Waals surface area contributed by atoms with E-state index in [1.807, 2.05) is 18.2 Å². The lowest BCUT2D eigenvalue weighted by atomic mass is 9.63. The van der Waals surface area contributed by atoms with Crippen LogP contribution in [-0.4, -0.2) is 11.9 Å². The van der Waals surface area contributed by atoms with E-state index in [9.17, 15) is 5.02 Å². The van der Waals surface area contributed by atoms with Crippen LogP contribution in [0.2, 0.25) is 6.32 Å². The maximum absolute atomic E-state index is 9.38. The van der Waals surface area contributed by atoms with E-state index in [0.717, 1.165) is 18.2 Å². The molecule has 0 aliphatic carbocycles. The van der Waals surface area contributed by atoms with Crippen LogP contribution >= 0.6 is 0 Å². The molecule has 2 heteroatoms. The molecule has 1 aliphatic heterocycles. The third-order valence-electron chi connectivity index (χ3n) is 2.10. The number of hydrogen-bond donors (Lipinski definition) is 1. The minimum absolute atomic E-state index is 0.198. The molecule has 2 rings (SSSR count). The highest BCUT2D eigenvalue weighted by Gasteiger charge is 2.23. The normalized spacial score (nSPS) is 15.5. The Balaban J connectivity index is 2.51. The van der Waals surface area contributed by atoms with Crippen LogP contribution in [0.3, 0.4) is 0 Å². The molecule has 1 aromatic rings. The highest BCUT2D eigenvalue weighted by molar-refractivity contribution is 6.67. The SMILES string of the molecule is OB1CCc2ccccc21. The van der Waals surface area contributed by atoms with Gasteiger partial charge in [-0.2, -0.15) is 0 Å². The summed E-state index contributed by atoms with van der Waals surface area (Å²) >= 11 is 0. The fourth-order valence-corrected chi connectivity index (χ4v) is 1.53. The third-order valence-corrected chi connectivity index (χ3v) is 2.10. The monoisotopic (exact) mass is 132 g/mol. The molecule has 10 heavy (non-hydrogen) atoms. The third kappa shape index (κ3) is 0.763. The average molecular weight is 132 g/mol. The Morgan fingerprint density at radius 2 is 2.10 bits per heavy atom. The second-order valence-electron chi connectivity index (χ2n) is 2.75. The molecule has 0 fully saturated rings. The first-order chi connectivity index (χ1) is 4.88. The molecule has 0 bridgehead atoms. The largest absolute Gasteiger partial charge is 0.446 e. The van der Waals surface area contributed by atoms with Gasteiger partial charge in [-0.1, -0.05) is 29.8 Å². The lowest BCUT2D eigenvalue weighted by Gasteiger charge is -1.96. The maximum atomic E-state index is 9.38. The Kier molecular flexibility index (Phi) is 1.28. The van der Waals surface area contributed by atoms with E-state index in [4.69, 9.17) is 0 Å². The zero-order chi connectivity index (χ0) is 6.97. The van der Waals surface area contributed by atoms with Gasteiger partial charge in [-0.25, -0.2) is 0 Å². The van der Waals surface area contributed by atoms with Gasteiger partial charge < -0.3 is 5.02 Å². The lowest BCUT2D eigenvalue weighted by Crippen LogP contribution is -2.25. The minimum atomic E-state index is -0.198. The summed E-state index contributed by atoms with van der Waals surface area (Å²) in [5.41, 5.74) is 2.44. The van der Waals surface area contributed by atoms with Crippen molar-refractivity contribution in [2.45, 2.75) is 12.7 Å². The summed E-state index contributed by atoms with van der Waals surface area (Å²) in [6.45, 7) is -0.198. The van der Waals surface area contributed by atoms with Gasteiger partial charge in [-0.15, -0.1) is 0 Å². The van der Waals surface area contributed by atoms with Crippen molar-refractivity contribution >= 4 is 12.4 Å². The lowest BCUT2D eigenvalue weighted by molar-refractivity contribution is 0.587. The molecule has 0 saturated heterocycles. The van der Waals surface area contributed by atoms with Crippen molar-refractivity contribution in [3.8, 4) is 0 Å². The Morgan fingerprint density at radius 1 is 1.30 bits per heavy atom. The summed E-state index contributed by atoms with van der Waals surface area (Å²) in [6, 6.07) is 8.10. The first-order valence-corrected chi connectivity index (χ1v) is 3.64. The molecule has 1 nitrogen and oxygen atoms in total. The van der Waals surface area contributed by atoms with Gasteiger partial charge in [0.1, 0.15) is 0 Å². The molecule has 0 atom stereocenters. The van der Waals surface area contributed by atoms with Gasteiger partial charge in [0.15, 0.2) is 0 Å². The highest BCUT2D eigenvalue weighted by atomic mass is 16.2. The second-order valence-corrected chi connectivity index (χ2v) is 2.75. The molecular weight excluding hydrogens is 123 g/mol. The van der Waals surface area contributed by atoms with Crippen molar-refractivity contribution in [3.05, 3.63) is 29.8 Å². The van der Waals surface area contributed by atoms with Gasteiger partial charge in [0.05, 0.1) is 0 Å². The minimum Gasteiger partial charge on any atom is -0.446 e. The molecule has 0 aromatic heterocycles. The van der Waals surface area contributed by atoms with E-state index in [2.05, 4.69) is 6.07 Å². The van der Waals surface area contributed by atoms with Crippen molar-refractivity contribution in [2.24, 2.45) is 0 Å². The van der Waals surface area contributed by atoms with Gasteiger partial charge in [-0.3, -0.25) is 0 Å². The molecule has 0 unspecified atom stereocenters. The van der Waals surface area contributed by atoms with Crippen molar-refractivity contribution < 1.29 is 5.02 Å². The highest BCUT2D eigenvalue weighted by Crippen LogP contribution is 2.11. The molecule has 0 spiro atoms. The zero-order valence-electron chi connectivity index (χ0n) is 5.75. The van der Waals surface area contributed by atoms with E-state index in [-0.39, 0.29) is 6.92 Å². The van der Waals surface area contributed by atoms with Crippen LogP contribution in [0.15, 0.2) is 24.3 Å². The Labute approximate surface area is 60.8 Å². The van der Waals surface area contributed by atoms with Gasteiger partial charge in [0, 0.05) is 0 Å². The number of hydrogen-bond acceptors (Lipinski definition) is 1. The second kappa shape index (κ2) is 2.13. The summed E-state index contributed by atoms with van der Waals surface area (Å²) in [5, 5.41) is 9.38. The molecule has 1 aliphatic rings. The standard InChI is InChI=1S/C8H9BO/c10-9-6-5-7-3-1-2-4-8(7)9/h1-4,10H,5-6H2. The molecular formula is C8H9BO. The van der Waals surface area contributed by atoms with E-state index in [1.165, 1.54) is 5.56 Å². The first-order valence-electron chi connectivity index (χ1n) is 3.64. The van der Waals surface area contributed by atoms with Crippen LogP contribution in [0.4, 0.5) is 0 Å². The first kappa shape index (κ1) is 5.99. The van der Waals surface area contributed by atoms with Crippen molar-refractivity contribution in [2.75, 3.05) is 0 Å². The van der Waals surface area contributed by atoms with Gasteiger partial charge in [-0.05, 0) is 18.2 Å². The van der Waals surface area contributed by atoms with Gasteiger partial charge in [0.25, 0.3) is 0 Å². The van der Waals surface area contributed by atoms with E-state index >= 15 is 0 Å². The van der Waals surface area contributed by atoms with Crippen LogP contribution in [0, 0.1) is 0 Å². The Morgan fingerprint density at radius 3 is 2.90 bits per heavy atom. The predicted octanol–water partition coefficient (Wildman–Crippen LogP) is 0.433. The summed E-state index contributed by atoms with van der Waals surface area (Å²) in [6.07, 6.45) is 1.94. The van der Waals surface area contributed by atoms with Crippen LogP contribution in [0.5, 0.6) is 0 Å². The molecule has 1 heterocycles. The van der Waals surface area contributed by atoms with E-state index < -0.39 is 0 Å². The molecule has 1 N–H and O–H groups in total. The quantitative estimate of drug-likeness (QED) is 0.507. The van der Waals surface area contributed by atoms with Crippen LogP contribution in [0.1, 0.15) is 5.56 Å². The molecule has 1 aromatic carbocycles. The summed E-state index contributed by atoms with van der Waals surface area (Å²) in [4.78, 5) is 0. The van der Waals surface area contributed by atoms with Gasteiger partial charge >= 0.3 is 6.92 Å². The Hall–Kier alpha value is -0.755. The Bertz CT molecular complexity index is 247. The molecule has 0 saturated carbocycles. The van der Waals surface area contributed by atoms with E-state index in [1.54, 1.807) is 0 Å².